The molecule has 20 heavy (non-hydrogen) atoms. The summed E-state index contributed by atoms with van der Waals surface area (Å²) in [6.07, 6.45) is 8.26. The zero-order valence-corrected chi connectivity index (χ0v) is 13.5. The first-order valence-electron chi connectivity index (χ1n) is 8.17. The van der Waals surface area contributed by atoms with E-state index in [1.54, 1.807) is 0 Å². The van der Waals surface area contributed by atoms with Crippen LogP contribution in [0, 0.1) is 22.2 Å². The van der Waals surface area contributed by atoms with Gasteiger partial charge in [-0.1, -0.05) is 13.8 Å². The molecule has 4 aliphatic rings. The Morgan fingerprint density at radius 1 is 1.15 bits per heavy atom. The van der Waals surface area contributed by atoms with Crippen molar-refractivity contribution in [1.29, 1.82) is 0 Å². The molecule has 0 aromatic rings. The molecule has 3 bridgehead atoms. The highest BCUT2D eigenvalue weighted by Gasteiger charge is 2.81. The first-order chi connectivity index (χ1) is 9.06. The van der Waals surface area contributed by atoms with Crippen LogP contribution in [-0.2, 0) is 4.79 Å². The molecule has 0 aromatic carbocycles. The van der Waals surface area contributed by atoms with E-state index in [0.717, 1.165) is 10.4 Å². The van der Waals surface area contributed by atoms with Gasteiger partial charge in [-0.25, -0.2) is 0 Å². The van der Waals surface area contributed by atoms with Crippen molar-refractivity contribution in [1.82, 2.24) is 0 Å². The minimum atomic E-state index is -0.147. The van der Waals surface area contributed by atoms with Gasteiger partial charge in [0.15, 0.2) is 6.54 Å². The molecule has 112 valence electrons. The summed E-state index contributed by atoms with van der Waals surface area (Å²) in [5.41, 5.74) is 7.51. The third-order valence-electron chi connectivity index (χ3n) is 8.12. The third-order valence-corrected chi connectivity index (χ3v) is 8.12. The minimum absolute atomic E-state index is 0.147. The number of rotatable bonds is 3. The molecular weight excluding hydrogens is 248 g/mol. The van der Waals surface area contributed by atoms with E-state index in [0.29, 0.717) is 28.3 Å². The molecule has 4 aliphatic carbocycles. The number of carbonyl (C=O) groups excluding carboxylic acids is 1. The van der Waals surface area contributed by atoms with Crippen molar-refractivity contribution in [3.05, 3.63) is 0 Å². The zero-order chi connectivity index (χ0) is 14.6. The number of carbonyl (C=O) groups is 1. The van der Waals surface area contributed by atoms with E-state index in [4.69, 9.17) is 5.73 Å². The van der Waals surface area contributed by atoms with E-state index in [2.05, 4.69) is 27.9 Å². The molecule has 0 saturated heterocycles. The molecule has 5 atom stereocenters. The summed E-state index contributed by atoms with van der Waals surface area (Å²) in [7, 11) is 4.50. The number of hydrogen-bond donors (Lipinski definition) is 1. The molecule has 4 fully saturated rings. The maximum absolute atomic E-state index is 11.6. The number of primary amides is 1. The Labute approximate surface area is 122 Å². The van der Waals surface area contributed by atoms with Gasteiger partial charge in [-0.3, -0.25) is 4.79 Å². The summed E-state index contributed by atoms with van der Waals surface area (Å²) < 4.78 is 0.808. The first-order valence-corrected chi connectivity index (χ1v) is 8.17. The van der Waals surface area contributed by atoms with Gasteiger partial charge in [0.25, 0.3) is 5.91 Å². The summed E-state index contributed by atoms with van der Waals surface area (Å²) >= 11 is 0. The maximum Gasteiger partial charge on any atom is 0.272 e. The summed E-state index contributed by atoms with van der Waals surface area (Å²) in [6.45, 7) is 5.54. The van der Waals surface area contributed by atoms with Crippen molar-refractivity contribution in [3.63, 3.8) is 0 Å². The topological polar surface area (TPSA) is 43.1 Å². The Morgan fingerprint density at radius 3 is 2.50 bits per heavy atom. The van der Waals surface area contributed by atoms with E-state index in [1.165, 1.54) is 38.5 Å². The van der Waals surface area contributed by atoms with Gasteiger partial charge < -0.3 is 10.2 Å². The van der Waals surface area contributed by atoms with Gasteiger partial charge >= 0.3 is 0 Å². The predicted molar refractivity (Wildman–Crippen MR) is 78.7 cm³/mol. The predicted octanol–water partition coefficient (Wildman–Crippen LogP) is 2.30. The Balaban J connectivity index is 1.79. The summed E-state index contributed by atoms with van der Waals surface area (Å²) in [4.78, 5) is 11.6. The minimum Gasteiger partial charge on any atom is -0.365 e. The fraction of sp³-hybridized carbons (Fsp3) is 0.941. The second kappa shape index (κ2) is 3.11. The molecule has 0 aromatic heterocycles. The summed E-state index contributed by atoms with van der Waals surface area (Å²) in [5, 5.41) is 0. The van der Waals surface area contributed by atoms with Gasteiger partial charge in [0.2, 0.25) is 0 Å². The highest BCUT2D eigenvalue weighted by Crippen LogP contribution is 2.85. The van der Waals surface area contributed by atoms with Gasteiger partial charge in [0.05, 0.1) is 14.1 Å². The highest BCUT2D eigenvalue weighted by molar-refractivity contribution is 5.75. The lowest BCUT2D eigenvalue weighted by atomic mass is 9.47. The molecule has 0 aliphatic heterocycles. The van der Waals surface area contributed by atoms with E-state index < -0.39 is 0 Å². The standard InChI is InChI=1S/C17H28N2O/c1-14-5-12-6-15(2)10-16(8-14,11-17(12,15)9-14)19(3,4)7-13(18)20/h12H,5-11H2,1-4H3,(H-,18,20)/p+1. The second-order valence-electron chi connectivity index (χ2n) is 9.87. The first kappa shape index (κ1) is 13.1. The lowest BCUT2D eigenvalue weighted by molar-refractivity contribution is -0.936. The van der Waals surface area contributed by atoms with Crippen molar-refractivity contribution in [3.8, 4) is 0 Å². The van der Waals surface area contributed by atoms with Crippen molar-refractivity contribution >= 4 is 5.91 Å². The monoisotopic (exact) mass is 277 g/mol. The fourth-order valence-corrected chi connectivity index (χ4v) is 7.66. The molecule has 3 heteroatoms. The number of quaternary nitrogens is 1. The number of hydrogen-bond acceptors (Lipinski definition) is 1. The third kappa shape index (κ3) is 1.21. The average Bonchev–Trinajstić information content (AvgIpc) is 2.50. The zero-order valence-electron chi connectivity index (χ0n) is 13.5. The molecular formula is C17H29N2O+. The van der Waals surface area contributed by atoms with Crippen LogP contribution < -0.4 is 5.73 Å². The van der Waals surface area contributed by atoms with E-state index >= 15 is 0 Å². The van der Waals surface area contributed by atoms with E-state index in [9.17, 15) is 4.79 Å². The number of nitrogens with two attached hydrogens (primary N) is 1. The van der Waals surface area contributed by atoms with Crippen molar-refractivity contribution in [2.24, 2.45) is 27.9 Å². The maximum atomic E-state index is 11.6. The van der Waals surface area contributed by atoms with Crippen LogP contribution in [0.25, 0.3) is 0 Å². The van der Waals surface area contributed by atoms with Gasteiger partial charge in [-0.2, -0.15) is 0 Å². The van der Waals surface area contributed by atoms with Crippen LogP contribution in [0.3, 0.4) is 0 Å². The number of nitrogens with zero attached hydrogens (tertiary/aromatic N) is 1. The van der Waals surface area contributed by atoms with Crippen LogP contribution in [0.15, 0.2) is 0 Å². The van der Waals surface area contributed by atoms with Crippen LogP contribution in [0.4, 0.5) is 0 Å². The molecule has 0 heterocycles. The molecule has 4 saturated carbocycles. The smallest absolute Gasteiger partial charge is 0.272 e. The van der Waals surface area contributed by atoms with Gasteiger partial charge in [0, 0.05) is 19.3 Å². The van der Waals surface area contributed by atoms with Gasteiger partial charge in [0.1, 0.15) is 5.54 Å². The Hall–Kier alpha value is -0.570. The van der Waals surface area contributed by atoms with Crippen LogP contribution in [0.5, 0.6) is 0 Å². The van der Waals surface area contributed by atoms with E-state index in [1.807, 2.05) is 0 Å². The van der Waals surface area contributed by atoms with Crippen LogP contribution in [0.2, 0.25) is 0 Å². The lowest BCUT2D eigenvalue weighted by Gasteiger charge is -2.57. The fourth-order valence-electron chi connectivity index (χ4n) is 7.66. The Morgan fingerprint density at radius 2 is 1.85 bits per heavy atom. The summed E-state index contributed by atoms with van der Waals surface area (Å²) in [5.74, 6) is 0.821. The number of fused-ring (bicyclic) bond motifs is 2. The Bertz CT molecular complexity index is 511. The van der Waals surface area contributed by atoms with Crippen molar-refractivity contribution in [2.75, 3.05) is 20.6 Å². The summed E-state index contributed by atoms with van der Waals surface area (Å²) in [6, 6.07) is 0. The Kier molecular flexibility index (Phi) is 2.04. The normalized spacial score (nSPS) is 55.7. The lowest BCUT2D eigenvalue weighted by Crippen LogP contribution is -2.63. The molecule has 5 unspecified atom stereocenters. The van der Waals surface area contributed by atoms with Gasteiger partial charge in [-0.05, 0) is 41.4 Å². The molecule has 1 amide bonds. The molecule has 4 rings (SSSR count). The largest absolute Gasteiger partial charge is 0.365 e. The second-order valence-corrected chi connectivity index (χ2v) is 9.87. The molecule has 1 spiro atoms. The molecule has 3 nitrogen and oxygen atoms in total. The highest BCUT2D eigenvalue weighted by atomic mass is 16.1. The van der Waals surface area contributed by atoms with Crippen molar-refractivity contribution < 1.29 is 9.28 Å². The quantitative estimate of drug-likeness (QED) is 0.790. The van der Waals surface area contributed by atoms with E-state index in [-0.39, 0.29) is 5.91 Å². The SMILES string of the molecule is CC12CC3CC4(C)CC([N+](C)(C)CC(N)=O)(C1)CC34C2. The number of likely N-dealkylation sites (N-methyl/N-ethyl adjacent to an activating group) is 1. The van der Waals surface area contributed by atoms with Crippen molar-refractivity contribution in [2.45, 2.75) is 57.9 Å². The average molecular weight is 277 g/mol. The van der Waals surface area contributed by atoms with Crippen LogP contribution in [0.1, 0.15) is 52.4 Å². The van der Waals surface area contributed by atoms with Crippen LogP contribution in [-0.4, -0.2) is 36.6 Å². The number of amides is 1. The van der Waals surface area contributed by atoms with Crippen LogP contribution >= 0.6 is 0 Å². The molecule has 0 radical (unpaired) electrons. The van der Waals surface area contributed by atoms with Gasteiger partial charge in [-0.15, -0.1) is 0 Å². The molecule has 2 N–H and O–H groups in total.